The third-order valence-corrected chi connectivity index (χ3v) is 3.37. The van der Waals surface area contributed by atoms with Crippen molar-refractivity contribution >= 4 is 5.82 Å². The highest BCUT2D eigenvalue weighted by Crippen LogP contribution is 2.36. The van der Waals surface area contributed by atoms with Gasteiger partial charge in [-0.05, 0) is 31.6 Å². The molecule has 0 aromatic carbocycles. The van der Waals surface area contributed by atoms with Crippen LogP contribution < -0.4 is 11.3 Å². The van der Waals surface area contributed by atoms with Crippen LogP contribution in [0.15, 0.2) is 6.07 Å². The fourth-order valence-corrected chi connectivity index (χ4v) is 2.40. The van der Waals surface area contributed by atoms with Crippen molar-refractivity contribution < 1.29 is 0 Å². The van der Waals surface area contributed by atoms with E-state index in [4.69, 9.17) is 5.84 Å². The Balaban J connectivity index is 2.25. The Labute approximate surface area is 96.6 Å². The summed E-state index contributed by atoms with van der Waals surface area (Å²) in [6.45, 7) is 4.40. The van der Waals surface area contributed by atoms with Crippen LogP contribution in [-0.2, 0) is 6.42 Å². The van der Waals surface area contributed by atoms with Crippen LogP contribution in [0.4, 0.5) is 5.82 Å². The van der Waals surface area contributed by atoms with Crippen molar-refractivity contribution in [2.75, 3.05) is 5.43 Å². The topological polar surface area (TPSA) is 63.8 Å². The molecule has 1 aliphatic rings. The third-order valence-electron chi connectivity index (χ3n) is 3.37. The molecule has 0 amide bonds. The number of aromatic nitrogens is 2. The van der Waals surface area contributed by atoms with E-state index in [9.17, 15) is 0 Å². The van der Waals surface area contributed by atoms with Crippen molar-refractivity contribution in [1.82, 2.24) is 9.97 Å². The second kappa shape index (κ2) is 4.78. The number of anilines is 1. The SMILES string of the molecule is CCc1cc(NN)nc(C2CCC(C)C2)n1. The monoisotopic (exact) mass is 220 g/mol. The van der Waals surface area contributed by atoms with Crippen molar-refractivity contribution in [2.45, 2.75) is 45.4 Å². The quantitative estimate of drug-likeness (QED) is 0.605. The lowest BCUT2D eigenvalue weighted by Crippen LogP contribution is -2.12. The third kappa shape index (κ3) is 2.32. The van der Waals surface area contributed by atoms with E-state index in [-0.39, 0.29) is 0 Å². The van der Waals surface area contributed by atoms with E-state index in [1.165, 1.54) is 19.3 Å². The first kappa shape index (κ1) is 11.3. The summed E-state index contributed by atoms with van der Waals surface area (Å²) in [5, 5.41) is 0. The Morgan fingerprint density at radius 2 is 2.25 bits per heavy atom. The van der Waals surface area contributed by atoms with Crippen LogP contribution in [0, 0.1) is 5.92 Å². The van der Waals surface area contributed by atoms with Gasteiger partial charge in [0, 0.05) is 17.7 Å². The molecule has 1 saturated carbocycles. The number of nitrogens with zero attached hydrogens (tertiary/aromatic N) is 2. The molecule has 4 heteroatoms. The Hall–Kier alpha value is -1.16. The van der Waals surface area contributed by atoms with Gasteiger partial charge in [0.05, 0.1) is 0 Å². The fourth-order valence-electron chi connectivity index (χ4n) is 2.40. The summed E-state index contributed by atoms with van der Waals surface area (Å²) in [5.74, 6) is 8.46. The molecule has 1 aromatic heterocycles. The van der Waals surface area contributed by atoms with E-state index >= 15 is 0 Å². The highest BCUT2D eigenvalue weighted by atomic mass is 15.3. The number of nitrogen functional groups attached to an aromatic ring is 1. The minimum Gasteiger partial charge on any atom is -0.308 e. The second-order valence-electron chi connectivity index (χ2n) is 4.72. The highest BCUT2D eigenvalue weighted by Gasteiger charge is 2.25. The molecular weight excluding hydrogens is 200 g/mol. The number of rotatable bonds is 3. The molecule has 1 aliphatic carbocycles. The molecule has 2 rings (SSSR count). The molecule has 2 unspecified atom stereocenters. The predicted molar refractivity (Wildman–Crippen MR) is 65.0 cm³/mol. The first-order valence-electron chi connectivity index (χ1n) is 6.07. The molecule has 1 aromatic rings. The van der Waals surface area contributed by atoms with E-state index in [1.807, 2.05) is 6.07 Å². The van der Waals surface area contributed by atoms with Gasteiger partial charge in [-0.3, -0.25) is 0 Å². The van der Waals surface area contributed by atoms with Gasteiger partial charge in [0.1, 0.15) is 11.6 Å². The molecule has 0 spiro atoms. The molecule has 2 atom stereocenters. The Morgan fingerprint density at radius 1 is 1.44 bits per heavy atom. The van der Waals surface area contributed by atoms with Crippen LogP contribution in [0.3, 0.4) is 0 Å². The standard InChI is InChI=1S/C12H20N4/c1-3-10-7-11(16-13)15-12(14-10)9-5-4-8(2)6-9/h7-9H,3-6,13H2,1-2H3,(H,14,15,16). The highest BCUT2D eigenvalue weighted by molar-refractivity contribution is 5.35. The van der Waals surface area contributed by atoms with Crippen LogP contribution in [0.1, 0.15) is 50.5 Å². The summed E-state index contributed by atoms with van der Waals surface area (Å²) in [4.78, 5) is 9.08. The van der Waals surface area contributed by atoms with Crippen molar-refractivity contribution in [1.29, 1.82) is 0 Å². The summed E-state index contributed by atoms with van der Waals surface area (Å²) in [6, 6.07) is 1.92. The first-order valence-corrected chi connectivity index (χ1v) is 6.07. The number of hydrogen-bond acceptors (Lipinski definition) is 4. The summed E-state index contributed by atoms with van der Waals surface area (Å²) >= 11 is 0. The molecule has 0 bridgehead atoms. The average molecular weight is 220 g/mol. The predicted octanol–water partition coefficient (Wildman–Crippen LogP) is 2.23. The van der Waals surface area contributed by atoms with Crippen molar-refractivity contribution in [3.8, 4) is 0 Å². The normalized spacial score (nSPS) is 24.7. The zero-order valence-electron chi connectivity index (χ0n) is 10.0. The Morgan fingerprint density at radius 3 is 2.81 bits per heavy atom. The van der Waals surface area contributed by atoms with Crippen LogP contribution in [0.2, 0.25) is 0 Å². The van der Waals surface area contributed by atoms with Gasteiger partial charge in [0.25, 0.3) is 0 Å². The second-order valence-corrected chi connectivity index (χ2v) is 4.72. The van der Waals surface area contributed by atoms with E-state index in [0.717, 1.165) is 29.7 Å². The number of hydrazine groups is 1. The van der Waals surface area contributed by atoms with Crippen LogP contribution in [-0.4, -0.2) is 9.97 Å². The Bertz CT molecular complexity index is 342. The molecular formula is C12H20N4. The largest absolute Gasteiger partial charge is 0.308 e. The molecule has 0 radical (unpaired) electrons. The fraction of sp³-hybridized carbons (Fsp3) is 0.667. The van der Waals surface area contributed by atoms with Gasteiger partial charge >= 0.3 is 0 Å². The molecule has 1 fully saturated rings. The lowest BCUT2D eigenvalue weighted by atomic mass is 10.1. The molecule has 3 N–H and O–H groups in total. The number of aryl methyl sites for hydroxylation is 1. The molecule has 1 heterocycles. The summed E-state index contributed by atoms with van der Waals surface area (Å²) in [6.07, 6.45) is 4.62. The van der Waals surface area contributed by atoms with Crippen molar-refractivity contribution in [2.24, 2.45) is 11.8 Å². The van der Waals surface area contributed by atoms with Crippen LogP contribution in [0.25, 0.3) is 0 Å². The lowest BCUT2D eigenvalue weighted by Gasteiger charge is -2.11. The van der Waals surface area contributed by atoms with E-state index < -0.39 is 0 Å². The maximum atomic E-state index is 5.43. The smallest absolute Gasteiger partial charge is 0.143 e. The van der Waals surface area contributed by atoms with E-state index in [0.29, 0.717) is 5.92 Å². The van der Waals surface area contributed by atoms with Crippen LogP contribution >= 0.6 is 0 Å². The van der Waals surface area contributed by atoms with E-state index in [1.54, 1.807) is 0 Å². The first-order chi connectivity index (χ1) is 7.72. The van der Waals surface area contributed by atoms with Gasteiger partial charge in [-0.1, -0.05) is 13.8 Å². The zero-order chi connectivity index (χ0) is 11.5. The van der Waals surface area contributed by atoms with Gasteiger partial charge in [-0.2, -0.15) is 0 Å². The number of hydrogen-bond donors (Lipinski definition) is 2. The maximum absolute atomic E-state index is 5.43. The number of nitrogens with two attached hydrogens (primary N) is 1. The molecule has 0 saturated heterocycles. The van der Waals surface area contributed by atoms with Gasteiger partial charge in [0.2, 0.25) is 0 Å². The summed E-state index contributed by atoms with van der Waals surface area (Å²) in [7, 11) is 0. The summed E-state index contributed by atoms with van der Waals surface area (Å²) < 4.78 is 0. The van der Waals surface area contributed by atoms with Gasteiger partial charge in [-0.15, -0.1) is 0 Å². The zero-order valence-corrected chi connectivity index (χ0v) is 10.0. The Kier molecular flexibility index (Phi) is 3.39. The minimum atomic E-state index is 0.522. The van der Waals surface area contributed by atoms with Gasteiger partial charge in [0.15, 0.2) is 0 Å². The van der Waals surface area contributed by atoms with Crippen molar-refractivity contribution in [3.63, 3.8) is 0 Å². The molecule has 0 aliphatic heterocycles. The van der Waals surface area contributed by atoms with E-state index in [2.05, 4.69) is 29.2 Å². The number of nitrogens with one attached hydrogen (secondary N) is 1. The van der Waals surface area contributed by atoms with Crippen LogP contribution in [0.5, 0.6) is 0 Å². The maximum Gasteiger partial charge on any atom is 0.143 e. The van der Waals surface area contributed by atoms with Gasteiger partial charge < -0.3 is 5.43 Å². The average Bonchev–Trinajstić information content (AvgIpc) is 2.75. The summed E-state index contributed by atoms with van der Waals surface area (Å²) in [5.41, 5.74) is 3.69. The molecule has 88 valence electrons. The van der Waals surface area contributed by atoms with Crippen molar-refractivity contribution in [3.05, 3.63) is 17.6 Å². The molecule has 4 nitrogen and oxygen atoms in total. The van der Waals surface area contributed by atoms with Gasteiger partial charge in [-0.25, -0.2) is 15.8 Å². The lowest BCUT2D eigenvalue weighted by molar-refractivity contribution is 0.584. The molecule has 16 heavy (non-hydrogen) atoms. The minimum absolute atomic E-state index is 0.522.